The number of oxime groups is 1. The van der Waals surface area contributed by atoms with Crippen LogP contribution in [0.1, 0.15) is 36.2 Å². The van der Waals surface area contributed by atoms with Gasteiger partial charge >= 0.3 is 11.9 Å². The van der Waals surface area contributed by atoms with Crippen molar-refractivity contribution in [2.75, 3.05) is 24.8 Å². The highest BCUT2D eigenvalue weighted by Gasteiger charge is 2.54. The standard InChI is InChI=1S/C38H35N5O7S2/c1-4-23(2)36(48)50-20-24-21-51-34-30(33(45)43(34)31(24)35(46)47)40-32(44)29(42-49-3)28-22-52-37(39-28)41-38(25-14-8-5-9-15-25,26-16-10-6-11-17-26)27-18-12-7-13-19-27/h4-19,22,30,34H,20-21H2,1-3H3,(H,39,41)(H,40,44)(H,46,47)/b23-4-,42-29-/t30-,34-/m1/s1. The molecule has 0 spiro atoms. The fraction of sp³-hybridized carbons (Fsp3) is 0.211. The maximum absolute atomic E-state index is 13.7. The maximum atomic E-state index is 13.7. The number of carbonyl (C=O) groups is 4. The first-order valence-corrected chi connectivity index (χ1v) is 18.1. The molecule has 4 aromatic rings. The zero-order valence-corrected chi connectivity index (χ0v) is 30.1. The molecule has 1 saturated heterocycles. The van der Waals surface area contributed by atoms with Gasteiger partial charge in [-0.15, -0.1) is 23.1 Å². The van der Waals surface area contributed by atoms with Gasteiger partial charge in [-0.1, -0.05) is 102 Å². The van der Waals surface area contributed by atoms with Crippen molar-refractivity contribution >= 4 is 57.7 Å². The minimum atomic E-state index is -1.33. The number of rotatable bonds is 13. The molecular formula is C38H35N5O7S2. The van der Waals surface area contributed by atoms with Crippen molar-refractivity contribution in [3.05, 3.63) is 142 Å². The van der Waals surface area contributed by atoms with E-state index in [0.29, 0.717) is 10.7 Å². The number of ether oxygens (including phenoxy) is 1. The Balaban J connectivity index is 1.25. The smallest absolute Gasteiger partial charge is 0.352 e. The molecule has 1 aromatic heterocycles. The third-order valence-electron chi connectivity index (χ3n) is 8.73. The summed E-state index contributed by atoms with van der Waals surface area (Å²) in [5.41, 5.74) is 2.49. The van der Waals surface area contributed by atoms with E-state index in [9.17, 15) is 24.3 Å². The first-order chi connectivity index (χ1) is 25.2. The lowest BCUT2D eigenvalue weighted by molar-refractivity contribution is -0.150. The van der Waals surface area contributed by atoms with Crippen molar-refractivity contribution in [1.82, 2.24) is 15.2 Å². The number of carbonyl (C=O) groups excluding carboxylic acids is 3. The first kappa shape index (κ1) is 36.1. The Morgan fingerprint density at radius 1 is 1.00 bits per heavy atom. The third kappa shape index (κ3) is 6.94. The molecule has 2 atom stereocenters. The van der Waals surface area contributed by atoms with E-state index < -0.39 is 40.7 Å². The van der Waals surface area contributed by atoms with Crippen LogP contribution in [-0.2, 0) is 34.3 Å². The summed E-state index contributed by atoms with van der Waals surface area (Å²) < 4.78 is 5.27. The number of hydrogen-bond donors (Lipinski definition) is 3. The normalized spacial score (nSPS) is 17.5. The monoisotopic (exact) mass is 737 g/mol. The number of hydrogen-bond acceptors (Lipinski definition) is 11. The van der Waals surface area contributed by atoms with Crippen molar-refractivity contribution in [3.8, 4) is 0 Å². The predicted octanol–water partition coefficient (Wildman–Crippen LogP) is 5.15. The summed E-state index contributed by atoms with van der Waals surface area (Å²) in [4.78, 5) is 62.4. The Labute approximate surface area is 308 Å². The van der Waals surface area contributed by atoms with Crippen LogP contribution in [0.15, 0.2) is 124 Å². The second kappa shape index (κ2) is 15.7. The van der Waals surface area contributed by atoms with E-state index >= 15 is 0 Å². The largest absolute Gasteiger partial charge is 0.477 e. The highest BCUT2D eigenvalue weighted by Crippen LogP contribution is 2.42. The number of aliphatic carboxylic acids is 1. The van der Waals surface area contributed by atoms with Gasteiger partial charge in [0.2, 0.25) is 0 Å². The second-order valence-electron chi connectivity index (χ2n) is 11.8. The fourth-order valence-corrected chi connectivity index (χ4v) is 8.14. The number of nitrogens with one attached hydrogen (secondary N) is 2. The third-order valence-corrected chi connectivity index (χ3v) is 10.8. The maximum Gasteiger partial charge on any atom is 0.352 e. The summed E-state index contributed by atoms with van der Waals surface area (Å²) in [5, 5.41) is 21.8. The molecule has 3 N–H and O–H groups in total. The molecule has 0 radical (unpaired) electrons. The topological polar surface area (TPSA) is 160 Å². The zero-order valence-electron chi connectivity index (χ0n) is 28.4. The molecule has 2 aliphatic heterocycles. The minimum Gasteiger partial charge on any atom is -0.477 e. The molecule has 2 aliphatic rings. The van der Waals surface area contributed by atoms with Gasteiger partial charge < -0.3 is 25.3 Å². The van der Waals surface area contributed by atoms with Crippen LogP contribution >= 0.6 is 23.1 Å². The van der Waals surface area contributed by atoms with E-state index in [2.05, 4.69) is 15.8 Å². The van der Waals surface area contributed by atoms with Gasteiger partial charge in [0.25, 0.3) is 11.8 Å². The van der Waals surface area contributed by atoms with E-state index in [4.69, 9.17) is 14.6 Å². The summed E-state index contributed by atoms with van der Waals surface area (Å²) in [6.07, 6.45) is 1.59. The lowest BCUT2D eigenvalue weighted by Crippen LogP contribution is -2.71. The van der Waals surface area contributed by atoms with Crippen molar-refractivity contribution in [3.63, 3.8) is 0 Å². The number of benzene rings is 3. The molecule has 2 amide bonds. The highest BCUT2D eigenvalue weighted by atomic mass is 32.2. The Hall–Kier alpha value is -5.73. The molecule has 0 bridgehead atoms. The number of anilines is 1. The molecule has 12 nitrogen and oxygen atoms in total. The number of thiazole rings is 1. The molecule has 3 aromatic carbocycles. The van der Waals surface area contributed by atoms with Crippen molar-refractivity contribution in [1.29, 1.82) is 0 Å². The molecule has 0 saturated carbocycles. The van der Waals surface area contributed by atoms with Gasteiger partial charge in [0.1, 0.15) is 42.1 Å². The molecule has 0 aliphatic carbocycles. The van der Waals surface area contributed by atoms with E-state index in [1.807, 2.05) is 91.0 Å². The number of nitrogens with zero attached hydrogens (tertiary/aromatic N) is 3. The van der Waals surface area contributed by atoms with Crippen LogP contribution in [0.5, 0.6) is 0 Å². The summed E-state index contributed by atoms with van der Waals surface area (Å²) in [5.74, 6) is -3.08. The highest BCUT2D eigenvalue weighted by molar-refractivity contribution is 8.00. The fourth-order valence-electron chi connectivity index (χ4n) is 6.07. The second-order valence-corrected chi connectivity index (χ2v) is 13.8. The number of carboxylic acids is 1. The van der Waals surface area contributed by atoms with E-state index in [-0.39, 0.29) is 35.0 Å². The quantitative estimate of drug-likeness (QED) is 0.0419. The number of esters is 1. The van der Waals surface area contributed by atoms with Crippen molar-refractivity contribution in [2.24, 2.45) is 5.16 Å². The summed E-state index contributed by atoms with van der Waals surface area (Å²) in [6.45, 7) is 3.00. The number of thioether (sulfide) groups is 1. The number of allylic oxidation sites excluding steroid dienone is 1. The Morgan fingerprint density at radius 2 is 1.58 bits per heavy atom. The molecule has 52 heavy (non-hydrogen) atoms. The molecule has 14 heteroatoms. The van der Waals surface area contributed by atoms with Gasteiger partial charge in [0, 0.05) is 22.3 Å². The van der Waals surface area contributed by atoms with Crippen LogP contribution in [0.25, 0.3) is 0 Å². The molecular weight excluding hydrogens is 703 g/mol. The molecule has 266 valence electrons. The zero-order chi connectivity index (χ0) is 36.8. The lowest BCUT2D eigenvalue weighted by atomic mass is 9.77. The SMILES string of the molecule is C/C=C(/C)C(=O)OCC1=C(C(=O)O)N2C(=O)[C@@H](NC(=O)/C(=N\OC)c3csc(NC(c4ccccc4)(c4ccccc4)c4ccccc4)n3)[C@H]2SC1. The van der Waals surface area contributed by atoms with E-state index in [0.717, 1.165) is 21.6 Å². The molecule has 1 fully saturated rings. The van der Waals surface area contributed by atoms with Gasteiger partial charge in [0.15, 0.2) is 10.8 Å². The summed E-state index contributed by atoms with van der Waals surface area (Å²) >= 11 is 2.53. The van der Waals surface area contributed by atoms with Gasteiger partial charge in [0.05, 0.1) is 0 Å². The van der Waals surface area contributed by atoms with E-state index in [1.165, 1.54) is 30.2 Å². The summed E-state index contributed by atoms with van der Waals surface area (Å²) in [6, 6.07) is 28.9. The van der Waals surface area contributed by atoms with Crippen LogP contribution in [0, 0.1) is 0 Å². The predicted molar refractivity (Wildman–Crippen MR) is 199 cm³/mol. The number of carboxylic acid groups (broad SMARTS) is 1. The van der Waals surface area contributed by atoms with Crippen molar-refractivity contribution < 1.29 is 33.9 Å². The molecule has 3 heterocycles. The Kier molecular flexibility index (Phi) is 10.9. The van der Waals surface area contributed by atoms with Crippen LogP contribution in [0.4, 0.5) is 5.13 Å². The average molecular weight is 738 g/mol. The van der Waals surface area contributed by atoms with Crippen LogP contribution < -0.4 is 10.6 Å². The number of amides is 2. The average Bonchev–Trinajstić information content (AvgIpc) is 3.65. The van der Waals surface area contributed by atoms with Crippen molar-refractivity contribution in [2.45, 2.75) is 30.8 Å². The van der Waals surface area contributed by atoms with Gasteiger partial charge in [-0.3, -0.25) is 14.5 Å². The van der Waals surface area contributed by atoms with E-state index in [1.54, 1.807) is 25.3 Å². The Bertz CT molecular complexity index is 1970. The lowest BCUT2D eigenvalue weighted by Gasteiger charge is -2.49. The first-order valence-electron chi connectivity index (χ1n) is 16.2. The number of aromatic nitrogens is 1. The Morgan fingerprint density at radius 3 is 2.10 bits per heavy atom. The number of fused-ring (bicyclic) bond motifs is 1. The van der Waals surface area contributed by atoms with Gasteiger partial charge in [-0.25, -0.2) is 14.6 Å². The number of β-lactam (4-membered cyclic amide) rings is 1. The van der Waals surface area contributed by atoms with Gasteiger partial charge in [-0.05, 0) is 30.5 Å². The molecule has 0 unspecified atom stereocenters. The van der Waals surface area contributed by atoms with Crippen LogP contribution in [-0.4, -0.2) is 75.3 Å². The minimum absolute atomic E-state index is 0.162. The molecule has 6 rings (SSSR count). The van der Waals surface area contributed by atoms with Crippen LogP contribution in [0.3, 0.4) is 0 Å². The van der Waals surface area contributed by atoms with Gasteiger partial charge in [-0.2, -0.15) is 0 Å². The van der Waals surface area contributed by atoms with Crippen LogP contribution in [0.2, 0.25) is 0 Å². The summed E-state index contributed by atoms with van der Waals surface area (Å²) in [7, 11) is 1.30.